The van der Waals surface area contributed by atoms with Crippen molar-refractivity contribution in [2.24, 2.45) is 0 Å². The first-order valence-electron chi connectivity index (χ1n) is 7.97. The Kier molecular flexibility index (Phi) is 5.12. The number of nitrogens with zero attached hydrogens (tertiary/aromatic N) is 2. The summed E-state index contributed by atoms with van der Waals surface area (Å²) in [5.74, 6) is 2.02. The molecule has 132 valence electrons. The zero-order valence-corrected chi connectivity index (χ0v) is 17.1. The van der Waals surface area contributed by atoms with Crippen molar-refractivity contribution in [3.8, 4) is 18.0 Å². The second kappa shape index (κ2) is 7.18. The first-order chi connectivity index (χ1) is 12.3. The number of hydrogen-bond acceptors (Lipinski definition) is 3. The third-order valence-corrected chi connectivity index (χ3v) is 6.08. The Hall–Kier alpha value is -2.23. The summed E-state index contributed by atoms with van der Waals surface area (Å²) in [4.78, 5) is 25.8. The molecule has 26 heavy (non-hydrogen) atoms. The van der Waals surface area contributed by atoms with Gasteiger partial charge in [-0.2, -0.15) is 0 Å². The molecule has 1 saturated heterocycles. The monoisotopic (exact) mass is 428 g/mol. The predicted octanol–water partition coefficient (Wildman–Crippen LogP) is 4.83. The Balaban J connectivity index is 2.01. The van der Waals surface area contributed by atoms with Crippen LogP contribution in [-0.4, -0.2) is 27.2 Å². The van der Waals surface area contributed by atoms with Crippen molar-refractivity contribution >= 4 is 44.9 Å². The zero-order chi connectivity index (χ0) is 19.0. The fourth-order valence-electron chi connectivity index (χ4n) is 2.97. The lowest BCUT2D eigenvalue weighted by Gasteiger charge is -2.11. The molecule has 0 saturated carbocycles. The number of terminal acetylenes is 1. The lowest BCUT2D eigenvalue weighted by molar-refractivity contribution is -0.122. The molecule has 0 aliphatic carbocycles. The number of carbonyl (C=O) groups is 2. The lowest BCUT2D eigenvalue weighted by atomic mass is 10.2. The van der Waals surface area contributed by atoms with E-state index in [0.717, 1.165) is 49.3 Å². The van der Waals surface area contributed by atoms with Crippen LogP contribution >= 0.6 is 27.7 Å². The number of aromatic nitrogens is 1. The summed E-state index contributed by atoms with van der Waals surface area (Å²) < 4.78 is 3.20. The Bertz CT molecular complexity index is 998. The predicted molar refractivity (Wildman–Crippen MR) is 109 cm³/mol. The number of aryl methyl sites for hydroxylation is 2. The van der Waals surface area contributed by atoms with Crippen LogP contribution in [0.2, 0.25) is 0 Å². The first kappa shape index (κ1) is 18.6. The molecule has 2 aromatic rings. The molecule has 0 atom stereocenters. The average molecular weight is 429 g/mol. The van der Waals surface area contributed by atoms with Crippen LogP contribution in [0.4, 0.5) is 4.79 Å². The highest BCUT2D eigenvalue weighted by Crippen LogP contribution is 2.33. The minimum atomic E-state index is -0.331. The topological polar surface area (TPSA) is 42.3 Å². The van der Waals surface area contributed by atoms with Crippen LogP contribution < -0.4 is 0 Å². The summed E-state index contributed by atoms with van der Waals surface area (Å²) in [5.41, 5.74) is 5.17. The maximum absolute atomic E-state index is 12.4. The quantitative estimate of drug-likeness (QED) is 0.518. The van der Waals surface area contributed by atoms with Gasteiger partial charge in [0.25, 0.3) is 11.1 Å². The van der Waals surface area contributed by atoms with Crippen molar-refractivity contribution in [3.63, 3.8) is 0 Å². The van der Waals surface area contributed by atoms with Gasteiger partial charge in [0.2, 0.25) is 0 Å². The van der Waals surface area contributed by atoms with Crippen LogP contribution in [-0.2, 0) is 4.79 Å². The fraction of sp³-hybridized carbons (Fsp3) is 0.200. The fourth-order valence-corrected chi connectivity index (χ4v) is 4.04. The number of hydrogen-bond donors (Lipinski definition) is 0. The number of rotatable bonds is 3. The molecule has 1 aliphatic rings. The molecule has 4 nitrogen and oxygen atoms in total. The SMILES string of the molecule is C#CCN1C(=O)SC(=Cc2cc(C)n(-c3ccc(Br)c(C)c3)c2C)C1=O. The van der Waals surface area contributed by atoms with Crippen molar-refractivity contribution in [2.45, 2.75) is 20.8 Å². The second-order valence-corrected chi connectivity index (χ2v) is 7.91. The Morgan fingerprint density at radius 3 is 2.62 bits per heavy atom. The van der Waals surface area contributed by atoms with E-state index in [9.17, 15) is 9.59 Å². The molecule has 0 unspecified atom stereocenters. The molecule has 1 fully saturated rings. The highest BCUT2D eigenvalue weighted by atomic mass is 79.9. The Morgan fingerprint density at radius 1 is 1.23 bits per heavy atom. The maximum Gasteiger partial charge on any atom is 0.294 e. The summed E-state index contributed by atoms with van der Waals surface area (Å²) in [6, 6.07) is 8.19. The molecule has 2 heterocycles. The molecule has 3 rings (SSSR count). The highest BCUT2D eigenvalue weighted by Gasteiger charge is 2.34. The standard InChI is InChI=1S/C20H17BrN2O2S/c1-5-8-22-19(24)18(26-20(22)25)11-15-10-13(3)23(14(15)4)16-6-7-17(21)12(2)9-16/h1,6-7,9-11H,8H2,2-4H3. The van der Waals surface area contributed by atoms with E-state index in [4.69, 9.17) is 6.42 Å². The molecule has 1 aliphatic heterocycles. The van der Waals surface area contributed by atoms with E-state index in [1.54, 1.807) is 6.08 Å². The van der Waals surface area contributed by atoms with E-state index in [2.05, 4.69) is 32.5 Å². The second-order valence-electron chi connectivity index (χ2n) is 6.07. The number of halogens is 1. The van der Waals surface area contributed by atoms with Gasteiger partial charge in [0.1, 0.15) is 0 Å². The number of carbonyl (C=O) groups excluding carboxylic acids is 2. The summed E-state index contributed by atoms with van der Waals surface area (Å²) in [6.07, 6.45) is 7.00. The summed E-state index contributed by atoms with van der Waals surface area (Å²) in [6.45, 7) is 6.07. The molecular formula is C20H17BrN2O2S. The van der Waals surface area contributed by atoms with Gasteiger partial charge in [-0.3, -0.25) is 14.5 Å². The van der Waals surface area contributed by atoms with E-state index in [1.165, 1.54) is 0 Å². The van der Waals surface area contributed by atoms with Crippen LogP contribution in [0.1, 0.15) is 22.5 Å². The molecule has 1 aromatic heterocycles. The van der Waals surface area contributed by atoms with Crippen molar-refractivity contribution in [1.29, 1.82) is 0 Å². The summed E-state index contributed by atoms with van der Waals surface area (Å²) >= 11 is 4.45. The lowest BCUT2D eigenvalue weighted by Crippen LogP contribution is -2.28. The van der Waals surface area contributed by atoms with Crippen LogP contribution in [0.25, 0.3) is 11.8 Å². The minimum Gasteiger partial charge on any atom is -0.318 e. The van der Waals surface area contributed by atoms with Gasteiger partial charge in [0, 0.05) is 21.5 Å². The molecule has 0 bridgehead atoms. The van der Waals surface area contributed by atoms with Gasteiger partial charge in [-0.05, 0) is 74.0 Å². The number of benzene rings is 1. The Morgan fingerprint density at radius 2 is 1.96 bits per heavy atom. The van der Waals surface area contributed by atoms with Crippen LogP contribution in [0.15, 0.2) is 33.6 Å². The van der Waals surface area contributed by atoms with Gasteiger partial charge < -0.3 is 4.57 Å². The molecule has 0 spiro atoms. The van der Waals surface area contributed by atoms with Gasteiger partial charge in [-0.25, -0.2) is 0 Å². The molecule has 0 N–H and O–H groups in total. The summed E-state index contributed by atoms with van der Waals surface area (Å²) in [7, 11) is 0. The van der Waals surface area contributed by atoms with Crippen molar-refractivity contribution in [2.75, 3.05) is 6.54 Å². The van der Waals surface area contributed by atoms with Crippen molar-refractivity contribution in [3.05, 3.63) is 56.2 Å². The van der Waals surface area contributed by atoms with E-state index in [0.29, 0.717) is 4.91 Å². The molecular weight excluding hydrogens is 412 g/mol. The van der Waals surface area contributed by atoms with Crippen molar-refractivity contribution < 1.29 is 9.59 Å². The molecule has 2 amide bonds. The van der Waals surface area contributed by atoms with Gasteiger partial charge in [0.15, 0.2) is 0 Å². The molecule has 1 aromatic carbocycles. The van der Waals surface area contributed by atoms with Gasteiger partial charge >= 0.3 is 0 Å². The van der Waals surface area contributed by atoms with Gasteiger partial charge in [-0.15, -0.1) is 6.42 Å². The van der Waals surface area contributed by atoms with Crippen molar-refractivity contribution in [1.82, 2.24) is 9.47 Å². The highest BCUT2D eigenvalue weighted by molar-refractivity contribution is 9.10. The zero-order valence-electron chi connectivity index (χ0n) is 14.7. The van der Waals surface area contributed by atoms with Crippen LogP contribution in [0, 0.1) is 33.1 Å². The smallest absolute Gasteiger partial charge is 0.294 e. The Labute approximate surface area is 165 Å². The normalized spacial score (nSPS) is 15.8. The first-order valence-corrected chi connectivity index (χ1v) is 9.58. The molecule has 0 radical (unpaired) electrons. The third kappa shape index (κ3) is 3.25. The van der Waals surface area contributed by atoms with Gasteiger partial charge in [0.05, 0.1) is 11.4 Å². The third-order valence-electron chi connectivity index (χ3n) is 4.28. The van der Waals surface area contributed by atoms with E-state index in [1.807, 2.05) is 39.0 Å². The van der Waals surface area contributed by atoms with E-state index < -0.39 is 0 Å². The number of imide groups is 1. The van der Waals surface area contributed by atoms with Crippen LogP contribution in [0.5, 0.6) is 0 Å². The van der Waals surface area contributed by atoms with Gasteiger partial charge in [-0.1, -0.05) is 21.9 Å². The number of thioether (sulfide) groups is 1. The average Bonchev–Trinajstić information content (AvgIpc) is 3.01. The maximum atomic E-state index is 12.4. The largest absolute Gasteiger partial charge is 0.318 e. The summed E-state index contributed by atoms with van der Waals surface area (Å²) in [5, 5.41) is -0.323. The minimum absolute atomic E-state index is 0.000795. The van der Waals surface area contributed by atoms with E-state index in [-0.39, 0.29) is 17.7 Å². The molecule has 6 heteroatoms. The van der Waals surface area contributed by atoms with Crippen LogP contribution in [0.3, 0.4) is 0 Å². The van der Waals surface area contributed by atoms with E-state index >= 15 is 0 Å². The number of amides is 2.